The molecule has 0 aliphatic carbocycles. The van der Waals surface area contributed by atoms with Gasteiger partial charge in [-0.15, -0.1) is 0 Å². The third kappa shape index (κ3) is 7.79. The number of carbonyl (C=O) groups excluding carboxylic acids is 2. The van der Waals surface area contributed by atoms with Gasteiger partial charge in [-0.2, -0.15) is 0 Å². The number of hydrogen-bond acceptors (Lipinski definition) is 7. The number of anilines is 1. The van der Waals surface area contributed by atoms with Gasteiger partial charge in [-0.1, -0.05) is 35.9 Å². The van der Waals surface area contributed by atoms with Crippen molar-refractivity contribution in [1.82, 2.24) is 10.2 Å². The van der Waals surface area contributed by atoms with Gasteiger partial charge < -0.3 is 15.0 Å². The smallest absolute Gasteiger partial charge is 0.273 e. The van der Waals surface area contributed by atoms with Crippen molar-refractivity contribution in [3.05, 3.63) is 92.7 Å². The number of nitrogens with zero attached hydrogens (tertiary/aromatic N) is 3. The van der Waals surface area contributed by atoms with Gasteiger partial charge in [-0.3, -0.25) is 24.0 Å². The number of ether oxygens (including phenoxy) is 1. The van der Waals surface area contributed by atoms with Crippen LogP contribution in [0.3, 0.4) is 0 Å². The Bertz CT molecular complexity index is 1630. The molecule has 0 radical (unpaired) electrons. The average molecular weight is 635 g/mol. The first-order valence-electron chi connectivity index (χ1n) is 13.1. The van der Waals surface area contributed by atoms with E-state index in [9.17, 15) is 32.5 Å². The van der Waals surface area contributed by atoms with Crippen LogP contribution in [0.5, 0.6) is 5.75 Å². The highest BCUT2D eigenvalue weighted by Crippen LogP contribution is 2.36. The van der Waals surface area contributed by atoms with E-state index in [4.69, 9.17) is 16.3 Å². The van der Waals surface area contributed by atoms with Crippen LogP contribution in [0.4, 0.5) is 15.8 Å². The largest absolute Gasteiger partial charge is 0.495 e. The number of halogens is 2. The molecule has 0 bridgehead atoms. The standard InChI is InChI=1S/C29H32ClFN4O7S/c1-18(2)32-29(37)20(4)33(16-21-8-6-7-9-24(21)31)28(36)17-34(26-14-22(30)11-13-27(26)42-5)43(40,41)23-12-10-19(3)25(15-23)35(38)39/h6-15,18,20H,16-17H2,1-5H3,(H,32,37)/t20-/m0/s1. The third-order valence-electron chi connectivity index (χ3n) is 6.55. The van der Waals surface area contributed by atoms with Gasteiger partial charge in [-0.05, 0) is 58.0 Å². The molecule has 3 rings (SSSR count). The first kappa shape index (κ1) is 33.3. The van der Waals surface area contributed by atoms with Gasteiger partial charge in [0.15, 0.2) is 0 Å². The second kappa shape index (κ2) is 13.8. The van der Waals surface area contributed by atoms with Crippen LogP contribution < -0.4 is 14.4 Å². The van der Waals surface area contributed by atoms with E-state index in [1.807, 2.05) is 0 Å². The van der Waals surface area contributed by atoms with Crippen LogP contribution in [0.25, 0.3) is 0 Å². The molecule has 1 N–H and O–H groups in total. The molecule has 0 fully saturated rings. The lowest BCUT2D eigenvalue weighted by Gasteiger charge is -2.32. The molecule has 3 aromatic rings. The molecule has 0 heterocycles. The minimum absolute atomic E-state index is 0.0358. The van der Waals surface area contributed by atoms with Crippen molar-refractivity contribution in [3.63, 3.8) is 0 Å². The van der Waals surface area contributed by atoms with Crippen molar-refractivity contribution in [3.8, 4) is 5.75 Å². The molecule has 2 amide bonds. The Labute approximate surface area is 254 Å². The summed E-state index contributed by atoms with van der Waals surface area (Å²) >= 11 is 6.21. The Morgan fingerprint density at radius 3 is 2.37 bits per heavy atom. The topological polar surface area (TPSA) is 139 Å². The normalized spacial score (nSPS) is 12.0. The van der Waals surface area contributed by atoms with Crippen molar-refractivity contribution in [2.45, 2.75) is 51.2 Å². The quantitative estimate of drug-likeness (QED) is 0.222. The lowest BCUT2D eigenvalue weighted by Crippen LogP contribution is -2.52. The molecule has 230 valence electrons. The molecule has 0 unspecified atom stereocenters. The lowest BCUT2D eigenvalue weighted by atomic mass is 10.1. The van der Waals surface area contributed by atoms with E-state index in [1.165, 1.54) is 69.5 Å². The number of sulfonamides is 1. The number of benzene rings is 3. The average Bonchev–Trinajstić information content (AvgIpc) is 2.94. The number of rotatable bonds is 12. The molecule has 43 heavy (non-hydrogen) atoms. The molecule has 1 atom stereocenters. The molecule has 14 heteroatoms. The summed E-state index contributed by atoms with van der Waals surface area (Å²) in [5.74, 6) is -1.98. The molecule has 0 aliphatic heterocycles. The van der Waals surface area contributed by atoms with E-state index in [2.05, 4.69) is 5.32 Å². The van der Waals surface area contributed by atoms with Gasteiger partial charge in [0.25, 0.3) is 15.7 Å². The molecular formula is C29H32ClFN4O7S. The molecule has 11 nitrogen and oxygen atoms in total. The Hall–Kier alpha value is -4.23. The Kier molecular flexibility index (Phi) is 10.7. The van der Waals surface area contributed by atoms with Gasteiger partial charge >= 0.3 is 0 Å². The van der Waals surface area contributed by atoms with E-state index in [1.54, 1.807) is 19.9 Å². The van der Waals surface area contributed by atoms with E-state index >= 15 is 0 Å². The summed E-state index contributed by atoms with van der Waals surface area (Å²) in [6.07, 6.45) is 0. The number of amides is 2. The lowest BCUT2D eigenvalue weighted by molar-refractivity contribution is -0.385. The molecule has 0 aromatic heterocycles. The zero-order chi connectivity index (χ0) is 32.1. The number of hydrogen-bond donors (Lipinski definition) is 1. The van der Waals surface area contributed by atoms with Crippen LogP contribution in [0.15, 0.2) is 65.6 Å². The zero-order valence-corrected chi connectivity index (χ0v) is 25.8. The number of nitro groups is 1. The van der Waals surface area contributed by atoms with Crippen molar-refractivity contribution in [2.75, 3.05) is 18.0 Å². The van der Waals surface area contributed by atoms with Gasteiger partial charge in [-0.25, -0.2) is 12.8 Å². The van der Waals surface area contributed by atoms with Crippen LogP contribution in [0.2, 0.25) is 5.02 Å². The van der Waals surface area contributed by atoms with Gasteiger partial charge in [0, 0.05) is 34.8 Å². The van der Waals surface area contributed by atoms with Gasteiger partial charge in [0.2, 0.25) is 11.8 Å². The molecule has 0 saturated carbocycles. The van der Waals surface area contributed by atoms with Crippen LogP contribution in [0.1, 0.15) is 31.9 Å². The van der Waals surface area contributed by atoms with E-state index in [0.717, 1.165) is 11.0 Å². The van der Waals surface area contributed by atoms with Crippen molar-refractivity contribution >= 4 is 44.8 Å². The van der Waals surface area contributed by atoms with E-state index in [-0.39, 0.29) is 40.2 Å². The molecular weight excluding hydrogens is 603 g/mol. The van der Waals surface area contributed by atoms with Crippen LogP contribution in [0, 0.1) is 22.9 Å². The van der Waals surface area contributed by atoms with Crippen molar-refractivity contribution < 1.29 is 32.1 Å². The SMILES string of the molecule is COc1ccc(Cl)cc1N(CC(=O)N(Cc1ccccc1F)[C@@H](C)C(=O)NC(C)C)S(=O)(=O)c1ccc(C)c([N+](=O)[O-])c1. The summed E-state index contributed by atoms with van der Waals surface area (Å²) in [6, 6.07) is 11.8. The maximum absolute atomic E-state index is 14.7. The van der Waals surface area contributed by atoms with Crippen LogP contribution >= 0.6 is 11.6 Å². The summed E-state index contributed by atoms with van der Waals surface area (Å²) in [5, 5.41) is 14.4. The third-order valence-corrected chi connectivity index (χ3v) is 8.54. The van der Waals surface area contributed by atoms with Crippen molar-refractivity contribution in [2.24, 2.45) is 0 Å². The first-order valence-corrected chi connectivity index (χ1v) is 14.9. The summed E-state index contributed by atoms with van der Waals surface area (Å²) < 4.78 is 49.0. The van der Waals surface area contributed by atoms with Gasteiger partial charge in [0.1, 0.15) is 24.2 Å². The number of nitrogens with one attached hydrogen (secondary N) is 1. The number of methoxy groups -OCH3 is 1. The number of nitro benzene ring substituents is 1. The fraction of sp³-hybridized carbons (Fsp3) is 0.310. The Morgan fingerprint density at radius 1 is 1.09 bits per heavy atom. The monoisotopic (exact) mass is 634 g/mol. The highest BCUT2D eigenvalue weighted by molar-refractivity contribution is 7.92. The number of aryl methyl sites for hydroxylation is 1. The van der Waals surface area contributed by atoms with E-state index < -0.39 is 55.7 Å². The second-order valence-electron chi connectivity index (χ2n) is 9.99. The van der Waals surface area contributed by atoms with Crippen LogP contribution in [-0.4, -0.2) is 55.8 Å². The maximum Gasteiger partial charge on any atom is 0.273 e. The molecule has 3 aromatic carbocycles. The highest BCUT2D eigenvalue weighted by Gasteiger charge is 2.35. The highest BCUT2D eigenvalue weighted by atomic mass is 35.5. The summed E-state index contributed by atoms with van der Waals surface area (Å²) in [4.78, 5) is 38.5. The van der Waals surface area contributed by atoms with Crippen LogP contribution in [-0.2, 0) is 26.2 Å². The summed E-state index contributed by atoms with van der Waals surface area (Å²) in [7, 11) is -3.39. The predicted octanol–water partition coefficient (Wildman–Crippen LogP) is 4.84. The Balaban J connectivity index is 2.18. The summed E-state index contributed by atoms with van der Waals surface area (Å²) in [5.41, 5.74) is -0.237. The molecule has 0 aliphatic rings. The predicted molar refractivity (Wildman–Crippen MR) is 160 cm³/mol. The second-order valence-corrected chi connectivity index (χ2v) is 12.3. The van der Waals surface area contributed by atoms with Crippen molar-refractivity contribution in [1.29, 1.82) is 0 Å². The summed E-state index contributed by atoms with van der Waals surface area (Å²) in [6.45, 7) is 5.13. The minimum Gasteiger partial charge on any atom is -0.495 e. The minimum atomic E-state index is -4.68. The molecule has 0 spiro atoms. The Morgan fingerprint density at radius 2 is 1.77 bits per heavy atom. The number of carbonyl (C=O) groups is 2. The first-order chi connectivity index (χ1) is 20.2. The zero-order valence-electron chi connectivity index (χ0n) is 24.2. The maximum atomic E-state index is 14.7. The fourth-order valence-corrected chi connectivity index (χ4v) is 5.85. The van der Waals surface area contributed by atoms with E-state index in [0.29, 0.717) is 4.31 Å². The molecule has 0 saturated heterocycles. The fourth-order valence-electron chi connectivity index (χ4n) is 4.24. The van der Waals surface area contributed by atoms with Gasteiger partial charge in [0.05, 0.1) is 22.6 Å².